The summed E-state index contributed by atoms with van der Waals surface area (Å²) in [6.45, 7) is 4.02. The first-order valence-electron chi connectivity index (χ1n) is 12.8. The van der Waals surface area contributed by atoms with Gasteiger partial charge in [-0.15, -0.1) is 10.2 Å². The number of esters is 1. The van der Waals surface area contributed by atoms with Crippen LogP contribution >= 0.6 is 0 Å². The Labute approximate surface area is 277 Å². The van der Waals surface area contributed by atoms with Crippen molar-refractivity contribution in [2.75, 3.05) is 0 Å². The molecule has 47 heavy (non-hydrogen) atoms. The van der Waals surface area contributed by atoms with Gasteiger partial charge in [-0.3, -0.25) is 0 Å². The van der Waals surface area contributed by atoms with E-state index in [0.717, 1.165) is 45.8 Å². The summed E-state index contributed by atoms with van der Waals surface area (Å²) in [5.41, 5.74) is 2.69. The van der Waals surface area contributed by atoms with Crippen LogP contribution in [0.25, 0.3) is 35.2 Å². The van der Waals surface area contributed by atoms with Gasteiger partial charge in [0, 0.05) is 35.7 Å². The van der Waals surface area contributed by atoms with Crippen LogP contribution in [0.15, 0.2) is 67.3 Å². The number of hydrogen-bond acceptors (Lipinski definition) is 8. The minimum absolute atomic E-state index is 0. The first-order chi connectivity index (χ1) is 21.0. The zero-order valence-electron chi connectivity index (χ0n) is 25.7. The Hall–Kier alpha value is -4.72. The van der Waals surface area contributed by atoms with Crippen molar-refractivity contribution in [3.8, 4) is 22.8 Å². The van der Waals surface area contributed by atoms with Gasteiger partial charge in [-0.1, -0.05) is 29.3 Å². The van der Waals surface area contributed by atoms with Gasteiger partial charge in [-0.25, -0.2) is 28.9 Å². The summed E-state index contributed by atoms with van der Waals surface area (Å²) in [4.78, 5) is 29.8. The standard InChI is InChI=1S/C16H19N3O2.C12H8F3N3O2.CHF3.Li.H2O/c1-11(2)21-15(20)5-6-19-10-17-16(18-19)14-8-12(3)7-13(4)9-14;13-12(14,15)9-3-1-2-8(6-9)11-16-7-18(17-11)5-4-10(19)20;2-1(3)4;;/h5-11H,1-4H3;1-7H,(H,19,20);1H;;1H2/q;;;+1;/p-1/b6-5+;5-4+;;;. The van der Waals surface area contributed by atoms with Gasteiger partial charge in [-0.05, 0) is 52.0 Å². The summed E-state index contributed by atoms with van der Waals surface area (Å²) in [5, 5.41) is 16.6. The zero-order chi connectivity index (χ0) is 33.7. The summed E-state index contributed by atoms with van der Waals surface area (Å²) in [6, 6.07) is 10.7. The topological polar surface area (TPSA) is 155 Å². The minimum atomic E-state index is -4.44. The van der Waals surface area contributed by atoms with E-state index in [-0.39, 0.29) is 41.8 Å². The van der Waals surface area contributed by atoms with Gasteiger partial charge in [0.1, 0.15) is 12.7 Å². The van der Waals surface area contributed by atoms with Crippen LogP contribution in [0.4, 0.5) is 26.3 Å². The fourth-order valence-corrected chi connectivity index (χ4v) is 3.45. The molecule has 0 saturated heterocycles. The normalized spacial score (nSPS) is 10.9. The number of benzene rings is 2. The average molecular weight is 663 g/mol. The van der Waals surface area contributed by atoms with Crippen molar-refractivity contribution in [1.82, 2.24) is 29.5 Å². The van der Waals surface area contributed by atoms with Crippen molar-refractivity contribution >= 4 is 24.3 Å². The van der Waals surface area contributed by atoms with E-state index in [1.54, 1.807) is 20.2 Å². The zero-order valence-corrected chi connectivity index (χ0v) is 25.7. The molecule has 0 amide bonds. The first-order valence-corrected chi connectivity index (χ1v) is 12.8. The molecular weight excluding hydrogens is 633 g/mol. The number of halogens is 6. The van der Waals surface area contributed by atoms with E-state index in [9.17, 15) is 35.9 Å². The van der Waals surface area contributed by atoms with E-state index >= 15 is 0 Å². The van der Waals surface area contributed by atoms with Crippen molar-refractivity contribution < 1.29 is 70.1 Å². The van der Waals surface area contributed by atoms with Crippen LogP contribution in [-0.4, -0.2) is 64.8 Å². The molecule has 0 bridgehead atoms. The largest absolute Gasteiger partial charge is 1.00 e. The SMILES string of the molecule is Cc1cc(C)cc(-c2ncn(/C=C/C(=O)OC(C)C)n2)c1.FC(F)F.O=C(O)/C=C/n1cnc(-c2cccc(C(F)(F)F)c2)n1.[Li+].[OH-]. The molecule has 0 aliphatic carbocycles. The van der Waals surface area contributed by atoms with E-state index in [1.807, 2.05) is 26.0 Å². The molecule has 18 heteroatoms. The van der Waals surface area contributed by atoms with Crippen LogP contribution in [-0.2, 0) is 20.5 Å². The molecule has 0 atom stereocenters. The summed E-state index contributed by atoms with van der Waals surface area (Å²) in [7, 11) is 0. The van der Waals surface area contributed by atoms with Crippen molar-refractivity contribution in [2.24, 2.45) is 0 Å². The molecule has 2 aromatic heterocycles. The smallest absolute Gasteiger partial charge is 0.870 e. The number of aromatic nitrogens is 6. The Kier molecular flexibility index (Phi) is 17.7. The number of nitrogens with zero attached hydrogens (tertiary/aromatic N) is 6. The monoisotopic (exact) mass is 662 g/mol. The molecule has 0 fully saturated rings. The van der Waals surface area contributed by atoms with Crippen LogP contribution in [0.5, 0.6) is 0 Å². The van der Waals surface area contributed by atoms with Crippen LogP contribution < -0.4 is 18.9 Å². The molecule has 2 heterocycles. The van der Waals surface area contributed by atoms with E-state index in [4.69, 9.17) is 9.84 Å². The van der Waals surface area contributed by atoms with Gasteiger partial charge in [0.2, 0.25) is 0 Å². The Morgan fingerprint density at radius 3 is 1.81 bits per heavy atom. The van der Waals surface area contributed by atoms with Crippen LogP contribution in [0.2, 0.25) is 0 Å². The number of aryl methyl sites for hydroxylation is 2. The predicted octanol–water partition coefficient (Wildman–Crippen LogP) is 3.51. The number of carbonyl (C=O) groups is 2. The average Bonchev–Trinajstić information content (AvgIpc) is 3.60. The number of alkyl halides is 6. The third-order valence-electron chi connectivity index (χ3n) is 5.03. The minimum Gasteiger partial charge on any atom is -0.870 e. The number of aliphatic carboxylic acids is 1. The number of carboxylic acids is 1. The van der Waals surface area contributed by atoms with Gasteiger partial charge in [0.15, 0.2) is 11.6 Å². The maximum Gasteiger partial charge on any atom is 1.00 e. The molecule has 2 aromatic carbocycles. The van der Waals surface area contributed by atoms with Gasteiger partial charge in [0.25, 0.3) is 0 Å². The van der Waals surface area contributed by atoms with Crippen molar-refractivity contribution in [3.05, 3.63) is 84.0 Å². The number of hydrogen-bond donors (Lipinski definition) is 1. The molecular formula is C29H29F6LiN6O5. The number of carbonyl (C=O) groups excluding carboxylic acids is 1. The van der Waals surface area contributed by atoms with E-state index in [0.29, 0.717) is 5.82 Å². The molecule has 0 unspecified atom stereocenters. The fraction of sp³-hybridized carbons (Fsp3) is 0.241. The van der Waals surface area contributed by atoms with Crippen LogP contribution in [0, 0.1) is 13.8 Å². The summed E-state index contributed by atoms with van der Waals surface area (Å²) in [6.07, 6.45) is 3.02. The molecule has 4 rings (SSSR count). The summed E-state index contributed by atoms with van der Waals surface area (Å²) >= 11 is 0. The first kappa shape index (κ1) is 42.3. The molecule has 0 spiro atoms. The Bertz CT molecular complexity index is 1620. The Morgan fingerprint density at radius 2 is 1.34 bits per heavy atom. The van der Waals surface area contributed by atoms with Crippen LogP contribution in [0.3, 0.4) is 0 Å². The van der Waals surface area contributed by atoms with Gasteiger partial charge in [0.05, 0.1) is 11.7 Å². The molecule has 0 aliphatic heterocycles. The second-order valence-electron chi connectivity index (χ2n) is 9.25. The van der Waals surface area contributed by atoms with Crippen LogP contribution in [0.1, 0.15) is 30.5 Å². The Balaban J connectivity index is 0.000000779. The van der Waals surface area contributed by atoms with Gasteiger partial charge < -0.3 is 15.3 Å². The molecule has 0 radical (unpaired) electrons. The number of rotatable bonds is 7. The van der Waals surface area contributed by atoms with E-state index < -0.39 is 30.4 Å². The maximum atomic E-state index is 12.6. The molecule has 0 aliphatic rings. The second kappa shape index (κ2) is 19.7. The van der Waals surface area contributed by atoms with Crippen molar-refractivity contribution in [2.45, 2.75) is 46.7 Å². The summed E-state index contributed by atoms with van der Waals surface area (Å²) < 4.78 is 74.3. The van der Waals surface area contributed by atoms with Crippen molar-refractivity contribution in [3.63, 3.8) is 0 Å². The Morgan fingerprint density at radius 1 is 0.851 bits per heavy atom. The maximum absolute atomic E-state index is 12.6. The molecule has 11 nitrogen and oxygen atoms in total. The van der Waals surface area contributed by atoms with Gasteiger partial charge >= 0.3 is 43.7 Å². The number of carboxylic acid groups (broad SMARTS) is 1. The third-order valence-corrected chi connectivity index (χ3v) is 5.03. The molecule has 2 N–H and O–H groups in total. The quantitative estimate of drug-likeness (QED) is 0.136. The van der Waals surface area contributed by atoms with Gasteiger partial charge in [-0.2, -0.15) is 26.3 Å². The number of ether oxygens (including phenoxy) is 1. The van der Waals surface area contributed by atoms with E-state index in [2.05, 4.69) is 26.2 Å². The third kappa shape index (κ3) is 15.9. The van der Waals surface area contributed by atoms with Crippen molar-refractivity contribution in [1.29, 1.82) is 0 Å². The molecule has 0 saturated carbocycles. The molecule has 4 aromatic rings. The fourth-order valence-electron chi connectivity index (χ4n) is 3.45. The summed E-state index contributed by atoms with van der Waals surface area (Å²) in [5.74, 6) is -0.857. The molecule has 248 valence electrons. The second-order valence-corrected chi connectivity index (χ2v) is 9.25. The van der Waals surface area contributed by atoms with E-state index in [1.165, 1.54) is 35.4 Å². The predicted molar refractivity (Wildman–Crippen MR) is 154 cm³/mol.